The van der Waals surface area contributed by atoms with Crippen LogP contribution < -0.4 is 5.32 Å². The van der Waals surface area contributed by atoms with Gasteiger partial charge in [0, 0.05) is 15.5 Å². The summed E-state index contributed by atoms with van der Waals surface area (Å²) in [7, 11) is 0. The van der Waals surface area contributed by atoms with Crippen molar-refractivity contribution in [3.8, 4) is 0 Å². The van der Waals surface area contributed by atoms with E-state index >= 15 is 0 Å². The Balaban J connectivity index is 2.23. The van der Waals surface area contributed by atoms with Crippen molar-refractivity contribution in [1.29, 1.82) is 0 Å². The summed E-state index contributed by atoms with van der Waals surface area (Å²) in [5, 5.41) is 2.71. The number of nitrogens with zero attached hydrogens (tertiary/aromatic N) is 2. The Labute approximate surface area is 120 Å². The van der Waals surface area contributed by atoms with Crippen LogP contribution in [0, 0.1) is 6.92 Å². The van der Waals surface area contributed by atoms with E-state index in [4.69, 9.17) is 0 Å². The van der Waals surface area contributed by atoms with Crippen molar-refractivity contribution >= 4 is 33.1 Å². The van der Waals surface area contributed by atoms with Gasteiger partial charge < -0.3 is 5.32 Å². The standard InChI is InChI=1S/C11H9BrF3N3S/c1-6-9(19-5-18-6)4-17-10-8(11(13,14)15)2-7(12)3-16-10/h2-3,5H,4H2,1H3,(H,16,17). The second-order valence-corrected chi connectivity index (χ2v) is 5.62. The summed E-state index contributed by atoms with van der Waals surface area (Å²) < 4.78 is 38.9. The lowest BCUT2D eigenvalue weighted by Crippen LogP contribution is -2.12. The first-order chi connectivity index (χ1) is 8.88. The van der Waals surface area contributed by atoms with Crippen molar-refractivity contribution in [2.45, 2.75) is 19.6 Å². The number of thiazole rings is 1. The maximum Gasteiger partial charge on any atom is 0.419 e. The highest BCUT2D eigenvalue weighted by Crippen LogP contribution is 2.35. The second-order valence-electron chi connectivity index (χ2n) is 3.76. The monoisotopic (exact) mass is 351 g/mol. The topological polar surface area (TPSA) is 37.8 Å². The Morgan fingerprint density at radius 3 is 2.68 bits per heavy atom. The zero-order chi connectivity index (χ0) is 14.0. The molecule has 0 atom stereocenters. The van der Waals surface area contributed by atoms with Gasteiger partial charge in [0.15, 0.2) is 0 Å². The van der Waals surface area contributed by atoms with Crippen LogP contribution in [0.4, 0.5) is 19.0 Å². The molecule has 3 nitrogen and oxygen atoms in total. The zero-order valence-corrected chi connectivity index (χ0v) is 12.2. The van der Waals surface area contributed by atoms with E-state index < -0.39 is 11.7 Å². The van der Waals surface area contributed by atoms with Gasteiger partial charge in [-0.15, -0.1) is 11.3 Å². The van der Waals surface area contributed by atoms with E-state index in [1.54, 1.807) is 5.51 Å². The van der Waals surface area contributed by atoms with Gasteiger partial charge in [-0.25, -0.2) is 9.97 Å². The molecule has 0 aliphatic heterocycles. The molecule has 1 N–H and O–H groups in total. The van der Waals surface area contributed by atoms with E-state index in [1.807, 2.05) is 6.92 Å². The Kier molecular flexibility index (Phi) is 4.10. The molecule has 0 spiro atoms. The number of rotatable bonds is 3. The molecule has 0 radical (unpaired) electrons. The number of aromatic nitrogens is 2. The maximum absolute atomic E-state index is 12.9. The molecule has 0 amide bonds. The molecule has 19 heavy (non-hydrogen) atoms. The van der Waals surface area contributed by atoms with E-state index in [0.717, 1.165) is 16.6 Å². The van der Waals surface area contributed by atoms with Crippen LogP contribution >= 0.6 is 27.3 Å². The van der Waals surface area contributed by atoms with E-state index in [0.29, 0.717) is 4.47 Å². The Morgan fingerprint density at radius 1 is 1.37 bits per heavy atom. The Hall–Kier alpha value is -1.15. The summed E-state index contributed by atoms with van der Waals surface area (Å²) in [5.41, 5.74) is 1.68. The molecule has 2 rings (SSSR count). The minimum absolute atomic E-state index is 0.177. The minimum Gasteiger partial charge on any atom is -0.365 e. The highest BCUT2D eigenvalue weighted by molar-refractivity contribution is 9.10. The molecule has 0 bridgehead atoms. The molecule has 0 saturated heterocycles. The minimum atomic E-state index is -4.44. The third kappa shape index (κ3) is 3.44. The normalized spacial score (nSPS) is 11.6. The number of aryl methyl sites for hydroxylation is 1. The van der Waals surface area contributed by atoms with Crippen LogP contribution in [0.5, 0.6) is 0 Å². The fraction of sp³-hybridized carbons (Fsp3) is 0.273. The van der Waals surface area contributed by atoms with E-state index in [-0.39, 0.29) is 12.4 Å². The van der Waals surface area contributed by atoms with Crippen LogP contribution in [0.3, 0.4) is 0 Å². The maximum atomic E-state index is 12.9. The number of alkyl halides is 3. The molecule has 0 aromatic carbocycles. The lowest BCUT2D eigenvalue weighted by Gasteiger charge is -2.13. The van der Waals surface area contributed by atoms with Gasteiger partial charge in [0.2, 0.25) is 0 Å². The highest BCUT2D eigenvalue weighted by Gasteiger charge is 2.34. The van der Waals surface area contributed by atoms with Gasteiger partial charge in [0.25, 0.3) is 0 Å². The van der Waals surface area contributed by atoms with Crippen LogP contribution in [-0.4, -0.2) is 9.97 Å². The van der Waals surface area contributed by atoms with Crippen LogP contribution in [0.1, 0.15) is 16.1 Å². The molecule has 8 heteroatoms. The third-order valence-electron chi connectivity index (χ3n) is 2.42. The van der Waals surface area contributed by atoms with Crippen LogP contribution in [0.15, 0.2) is 22.2 Å². The summed E-state index contributed by atoms with van der Waals surface area (Å²) >= 11 is 4.39. The van der Waals surface area contributed by atoms with Gasteiger partial charge in [-0.3, -0.25) is 0 Å². The predicted molar refractivity (Wildman–Crippen MR) is 71.1 cm³/mol. The first-order valence-corrected chi connectivity index (χ1v) is 6.91. The molecule has 2 heterocycles. The van der Waals surface area contributed by atoms with Gasteiger partial charge in [-0.05, 0) is 28.9 Å². The SMILES string of the molecule is Cc1ncsc1CNc1ncc(Br)cc1C(F)(F)F. The quantitative estimate of drug-likeness (QED) is 0.898. The molecule has 0 aliphatic carbocycles. The molecule has 0 saturated carbocycles. The average Bonchev–Trinajstić information content (AvgIpc) is 2.72. The Bertz CT molecular complexity index is 583. The molecule has 0 unspecified atom stereocenters. The summed E-state index contributed by atoms with van der Waals surface area (Å²) in [6.45, 7) is 2.08. The largest absolute Gasteiger partial charge is 0.419 e. The summed E-state index contributed by atoms with van der Waals surface area (Å²) in [5.74, 6) is -0.177. The zero-order valence-electron chi connectivity index (χ0n) is 9.75. The number of hydrogen-bond donors (Lipinski definition) is 1. The van der Waals surface area contributed by atoms with Crippen LogP contribution in [0.2, 0.25) is 0 Å². The van der Waals surface area contributed by atoms with Gasteiger partial charge in [0.05, 0.1) is 23.3 Å². The van der Waals surface area contributed by atoms with Crippen LogP contribution in [-0.2, 0) is 12.7 Å². The highest BCUT2D eigenvalue weighted by atomic mass is 79.9. The molecule has 2 aromatic heterocycles. The molecule has 2 aromatic rings. The molecular weight excluding hydrogens is 343 g/mol. The lowest BCUT2D eigenvalue weighted by molar-refractivity contribution is -0.137. The van der Waals surface area contributed by atoms with Crippen molar-refractivity contribution in [1.82, 2.24) is 9.97 Å². The number of nitrogens with one attached hydrogen (secondary N) is 1. The summed E-state index contributed by atoms with van der Waals surface area (Å²) in [4.78, 5) is 8.71. The van der Waals surface area contributed by atoms with E-state index in [1.165, 1.54) is 17.5 Å². The molecule has 0 aliphatic rings. The number of anilines is 1. The van der Waals surface area contributed by atoms with Crippen molar-refractivity contribution in [2.75, 3.05) is 5.32 Å². The van der Waals surface area contributed by atoms with Gasteiger partial charge in [0.1, 0.15) is 5.82 Å². The fourth-order valence-corrected chi connectivity index (χ4v) is 2.50. The van der Waals surface area contributed by atoms with Crippen molar-refractivity contribution in [2.24, 2.45) is 0 Å². The van der Waals surface area contributed by atoms with Gasteiger partial charge in [-0.2, -0.15) is 13.2 Å². The fourth-order valence-electron chi connectivity index (χ4n) is 1.46. The van der Waals surface area contributed by atoms with E-state index in [2.05, 4.69) is 31.2 Å². The molecule has 102 valence electrons. The van der Waals surface area contributed by atoms with Crippen molar-refractivity contribution < 1.29 is 13.2 Å². The molecular formula is C11H9BrF3N3S. The Morgan fingerprint density at radius 2 is 2.11 bits per heavy atom. The van der Waals surface area contributed by atoms with Gasteiger partial charge >= 0.3 is 6.18 Å². The van der Waals surface area contributed by atoms with E-state index in [9.17, 15) is 13.2 Å². The number of pyridine rings is 1. The lowest BCUT2D eigenvalue weighted by atomic mass is 10.2. The van der Waals surface area contributed by atoms with Crippen LogP contribution in [0.25, 0.3) is 0 Å². The van der Waals surface area contributed by atoms with Crippen molar-refractivity contribution in [3.63, 3.8) is 0 Å². The number of hydrogen-bond acceptors (Lipinski definition) is 4. The third-order valence-corrected chi connectivity index (χ3v) is 3.79. The number of halogens is 4. The smallest absolute Gasteiger partial charge is 0.365 e. The summed E-state index contributed by atoms with van der Waals surface area (Å²) in [6, 6.07) is 1.01. The first-order valence-electron chi connectivity index (χ1n) is 5.23. The predicted octanol–water partition coefficient (Wildman–Crippen LogP) is 4.24. The summed E-state index contributed by atoms with van der Waals surface area (Å²) in [6.07, 6.45) is -3.11. The first kappa shape index (κ1) is 14.3. The second kappa shape index (κ2) is 5.46. The average molecular weight is 352 g/mol. The van der Waals surface area contributed by atoms with Gasteiger partial charge in [-0.1, -0.05) is 0 Å². The van der Waals surface area contributed by atoms with Crippen molar-refractivity contribution in [3.05, 3.63) is 38.4 Å². The molecule has 0 fully saturated rings.